The van der Waals surface area contributed by atoms with Gasteiger partial charge in [0.05, 0.1) is 43.7 Å². The number of anilines is 2. The lowest BCUT2D eigenvalue weighted by atomic mass is 10.1. The zero-order valence-electron chi connectivity index (χ0n) is 16.7. The van der Waals surface area contributed by atoms with Gasteiger partial charge in [0.25, 0.3) is 0 Å². The Balaban J connectivity index is 1.81. The molecular formula is C20H26N4O4. The second kappa shape index (κ2) is 8.43. The number of ether oxygens (including phenoxy) is 2. The molecule has 1 amide bonds. The summed E-state index contributed by atoms with van der Waals surface area (Å²) in [6.45, 7) is 6.62. The van der Waals surface area contributed by atoms with Gasteiger partial charge < -0.3 is 19.7 Å². The van der Waals surface area contributed by atoms with E-state index in [1.165, 1.54) is 7.11 Å². The zero-order chi connectivity index (χ0) is 20.3. The summed E-state index contributed by atoms with van der Waals surface area (Å²) in [5.74, 6) is -0.692. The van der Waals surface area contributed by atoms with Gasteiger partial charge in [-0.2, -0.15) is 5.10 Å². The first kappa shape index (κ1) is 19.9. The van der Waals surface area contributed by atoms with Gasteiger partial charge in [-0.25, -0.2) is 4.79 Å². The quantitative estimate of drug-likeness (QED) is 0.790. The molecule has 1 N–H and O–H groups in total. The first-order valence-electron chi connectivity index (χ1n) is 9.24. The molecule has 0 atom stereocenters. The Hall–Kier alpha value is -2.87. The SMILES string of the molecule is COC(=O)c1cc(N2CCOCC2)ccc1NC(=O)Cc1c(C)nn(C)c1C. The largest absolute Gasteiger partial charge is 0.465 e. The van der Waals surface area contributed by atoms with Gasteiger partial charge in [-0.05, 0) is 32.0 Å². The van der Waals surface area contributed by atoms with Crippen molar-refractivity contribution in [2.45, 2.75) is 20.3 Å². The number of nitrogens with zero attached hydrogens (tertiary/aromatic N) is 3. The van der Waals surface area contributed by atoms with Crippen molar-refractivity contribution < 1.29 is 19.1 Å². The average Bonchev–Trinajstić information content (AvgIpc) is 2.94. The lowest BCUT2D eigenvalue weighted by Crippen LogP contribution is -2.36. The van der Waals surface area contributed by atoms with Crippen LogP contribution in [0.3, 0.4) is 0 Å². The van der Waals surface area contributed by atoms with Gasteiger partial charge in [0.15, 0.2) is 0 Å². The molecule has 8 nitrogen and oxygen atoms in total. The first-order chi connectivity index (χ1) is 13.4. The van der Waals surface area contributed by atoms with Gasteiger partial charge in [-0.15, -0.1) is 0 Å². The number of methoxy groups -OCH3 is 1. The van der Waals surface area contributed by atoms with Crippen LogP contribution >= 0.6 is 0 Å². The maximum absolute atomic E-state index is 12.6. The smallest absolute Gasteiger partial charge is 0.340 e. The highest BCUT2D eigenvalue weighted by Gasteiger charge is 2.20. The maximum atomic E-state index is 12.6. The molecule has 2 aromatic rings. The fraction of sp³-hybridized carbons (Fsp3) is 0.450. The van der Waals surface area contributed by atoms with Gasteiger partial charge in [-0.3, -0.25) is 9.48 Å². The Morgan fingerprint density at radius 1 is 1.25 bits per heavy atom. The van der Waals surface area contributed by atoms with Gasteiger partial charge >= 0.3 is 5.97 Å². The number of aromatic nitrogens is 2. The van der Waals surface area contributed by atoms with Crippen molar-refractivity contribution in [2.24, 2.45) is 7.05 Å². The van der Waals surface area contributed by atoms with Crippen LogP contribution in [0.15, 0.2) is 18.2 Å². The van der Waals surface area contributed by atoms with E-state index in [2.05, 4.69) is 15.3 Å². The van der Waals surface area contributed by atoms with E-state index in [9.17, 15) is 9.59 Å². The molecule has 0 bridgehead atoms. The second-order valence-corrected chi connectivity index (χ2v) is 6.82. The van der Waals surface area contributed by atoms with Crippen LogP contribution in [0.25, 0.3) is 0 Å². The van der Waals surface area contributed by atoms with E-state index in [1.807, 2.05) is 27.0 Å². The van der Waals surface area contributed by atoms with Crippen LogP contribution in [0, 0.1) is 13.8 Å². The molecule has 3 rings (SSSR count). The molecule has 150 valence electrons. The fourth-order valence-corrected chi connectivity index (χ4v) is 3.37. The lowest BCUT2D eigenvalue weighted by molar-refractivity contribution is -0.115. The van der Waals surface area contributed by atoms with Crippen LogP contribution in [-0.2, 0) is 27.7 Å². The molecular weight excluding hydrogens is 360 g/mol. The van der Waals surface area contributed by atoms with E-state index >= 15 is 0 Å². The highest BCUT2D eigenvalue weighted by Crippen LogP contribution is 2.25. The van der Waals surface area contributed by atoms with Gasteiger partial charge in [-0.1, -0.05) is 0 Å². The second-order valence-electron chi connectivity index (χ2n) is 6.82. The lowest BCUT2D eigenvalue weighted by Gasteiger charge is -2.29. The summed E-state index contributed by atoms with van der Waals surface area (Å²) >= 11 is 0. The number of nitrogens with one attached hydrogen (secondary N) is 1. The fourth-order valence-electron chi connectivity index (χ4n) is 3.37. The summed E-state index contributed by atoms with van der Waals surface area (Å²) in [5, 5.41) is 7.19. The number of hydrogen-bond acceptors (Lipinski definition) is 6. The molecule has 2 heterocycles. The predicted octanol–water partition coefficient (Wildman–Crippen LogP) is 1.84. The molecule has 28 heavy (non-hydrogen) atoms. The number of carbonyl (C=O) groups excluding carboxylic acids is 2. The molecule has 0 unspecified atom stereocenters. The standard InChI is InChI=1S/C20H26N4O4/c1-13-16(14(2)23(3)22-13)12-19(25)21-18-6-5-15(11-17(18)20(26)27-4)24-7-9-28-10-8-24/h5-6,11H,7-10,12H2,1-4H3,(H,21,25). The van der Waals surface area contributed by atoms with Crippen molar-refractivity contribution in [1.29, 1.82) is 0 Å². The van der Waals surface area contributed by atoms with E-state index in [-0.39, 0.29) is 12.3 Å². The van der Waals surface area contributed by atoms with Gasteiger partial charge in [0.2, 0.25) is 5.91 Å². The Morgan fingerprint density at radius 3 is 2.57 bits per heavy atom. The first-order valence-corrected chi connectivity index (χ1v) is 9.24. The van der Waals surface area contributed by atoms with E-state index in [0.717, 1.165) is 35.7 Å². The molecule has 0 spiro atoms. The Labute approximate surface area is 164 Å². The molecule has 1 saturated heterocycles. The van der Waals surface area contributed by atoms with Crippen molar-refractivity contribution in [3.8, 4) is 0 Å². The molecule has 8 heteroatoms. The topological polar surface area (TPSA) is 85.7 Å². The summed E-state index contributed by atoms with van der Waals surface area (Å²) in [4.78, 5) is 27.1. The number of hydrogen-bond donors (Lipinski definition) is 1. The molecule has 1 aromatic carbocycles. The number of morpholine rings is 1. The summed E-state index contributed by atoms with van der Waals surface area (Å²) in [7, 11) is 3.18. The maximum Gasteiger partial charge on any atom is 0.340 e. The van der Waals surface area contributed by atoms with Crippen molar-refractivity contribution in [2.75, 3.05) is 43.6 Å². The van der Waals surface area contributed by atoms with Crippen molar-refractivity contribution in [3.05, 3.63) is 40.7 Å². The van der Waals surface area contributed by atoms with Crippen LogP contribution in [-0.4, -0.2) is 55.1 Å². The molecule has 0 aliphatic carbocycles. The minimum atomic E-state index is -0.487. The monoisotopic (exact) mass is 386 g/mol. The third kappa shape index (κ3) is 4.17. The Morgan fingerprint density at radius 2 is 1.96 bits per heavy atom. The zero-order valence-corrected chi connectivity index (χ0v) is 16.7. The predicted molar refractivity (Wildman–Crippen MR) is 106 cm³/mol. The van der Waals surface area contributed by atoms with Crippen molar-refractivity contribution in [1.82, 2.24) is 9.78 Å². The van der Waals surface area contributed by atoms with Crippen LogP contribution in [0.5, 0.6) is 0 Å². The molecule has 1 fully saturated rings. The molecule has 0 radical (unpaired) electrons. The highest BCUT2D eigenvalue weighted by molar-refractivity contribution is 6.02. The molecule has 1 aliphatic heterocycles. The van der Waals surface area contributed by atoms with E-state index in [0.29, 0.717) is 24.5 Å². The van der Waals surface area contributed by atoms with Crippen LogP contribution in [0.1, 0.15) is 27.3 Å². The number of benzene rings is 1. The van der Waals surface area contributed by atoms with Crippen molar-refractivity contribution in [3.63, 3.8) is 0 Å². The number of aryl methyl sites for hydroxylation is 2. The third-order valence-electron chi connectivity index (χ3n) is 5.05. The van der Waals surface area contributed by atoms with Gasteiger partial charge in [0, 0.05) is 37.1 Å². The molecule has 0 saturated carbocycles. The van der Waals surface area contributed by atoms with Crippen LogP contribution in [0.2, 0.25) is 0 Å². The highest BCUT2D eigenvalue weighted by atomic mass is 16.5. The number of esters is 1. The minimum Gasteiger partial charge on any atom is -0.465 e. The normalized spacial score (nSPS) is 14.1. The average molecular weight is 386 g/mol. The summed E-state index contributed by atoms with van der Waals surface area (Å²) in [6.07, 6.45) is 0.192. The third-order valence-corrected chi connectivity index (χ3v) is 5.05. The van der Waals surface area contributed by atoms with E-state index in [4.69, 9.17) is 9.47 Å². The summed E-state index contributed by atoms with van der Waals surface area (Å²) < 4.78 is 12.0. The minimum absolute atomic E-state index is 0.192. The van der Waals surface area contributed by atoms with E-state index < -0.39 is 5.97 Å². The molecule has 1 aromatic heterocycles. The molecule has 1 aliphatic rings. The van der Waals surface area contributed by atoms with Gasteiger partial charge in [0.1, 0.15) is 0 Å². The summed E-state index contributed by atoms with van der Waals surface area (Å²) in [5.41, 5.74) is 4.34. The Bertz CT molecular complexity index is 885. The number of rotatable bonds is 5. The summed E-state index contributed by atoms with van der Waals surface area (Å²) in [6, 6.07) is 5.40. The Kier molecular flexibility index (Phi) is 5.99. The number of amides is 1. The number of carbonyl (C=O) groups is 2. The van der Waals surface area contributed by atoms with Crippen molar-refractivity contribution >= 4 is 23.3 Å². The van der Waals surface area contributed by atoms with Crippen LogP contribution < -0.4 is 10.2 Å². The van der Waals surface area contributed by atoms with Crippen LogP contribution in [0.4, 0.5) is 11.4 Å². The van der Waals surface area contributed by atoms with E-state index in [1.54, 1.807) is 16.8 Å².